The van der Waals surface area contributed by atoms with Crippen molar-refractivity contribution in [1.82, 2.24) is 29.6 Å². The number of halogens is 2. The van der Waals surface area contributed by atoms with E-state index in [-0.39, 0.29) is 24.4 Å². The van der Waals surface area contributed by atoms with Gasteiger partial charge in [-0.3, -0.25) is 0 Å². The molecular weight excluding hydrogens is 520 g/mol. The Morgan fingerprint density at radius 1 is 1.05 bits per heavy atom. The van der Waals surface area contributed by atoms with Crippen LogP contribution in [0.25, 0.3) is 11.1 Å². The van der Waals surface area contributed by atoms with E-state index in [4.69, 9.17) is 0 Å². The number of carboxylic acid groups (broad SMARTS) is 1. The zero-order chi connectivity index (χ0) is 27.1. The van der Waals surface area contributed by atoms with Crippen molar-refractivity contribution in [1.29, 1.82) is 0 Å². The third-order valence-electron chi connectivity index (χ3n) is 6.11. The largest absolute Gasteiger partial charge is 0.465 e. The smallest absolute Gasteiger partial charge is 0.404 e. The molecule has 0 aliphatic carbocycles. The molecule has 14 heteroatoms. The first kappa shape index (κ1) is 27.3. The van der Waals surface area contributed by atoms with Gasteiger partial charge < -0.3 is 15.3 Å². The number of nitrogens with one attached hydrogen (secondary N) is 1. The topological polar surface area (TPSA) is 142 Å². The van der Waals surface area contributed by atoms with Crippen LogP contribution in [0.2, 0.25) is 0 Å². The number of amides is 1. The third kappa shape index (κ3) is 7.16. The molecule has 0 spiro atoms. The van der Waals surface area contributed by atoms with E-state index in [1.54, 1.807) is 18.5 Å². The summed E-state index contributed by atoms with van der Waals surface area (Å²) in [6.45, 7) is 1.01. The highest BCUT2D eigenvalue weighted by atomic mass is 32.2. The maximum absolute atomic E-state index is 14.0. The van der Waals surface area contributed by atoms with Gasteiger partial charge in [0, 0.05) is 80.6 Å². The summed E-state index contributed by atoms with van der Waals surface area (Å²) in [5.74, 6) is -0.781. The average Bonchev–Trinajstić information content (AvgIpc) is 2.89. The summed E-state index contributed by atoms with van der Waals surface area (Å²) < 4.78 is 54.7. The molecule has 4 rings (SSSR count). The highest BCUT2D eigenvalue weighted by Crippen LogP contribution is 2.23. The fraction of sp³-hybridized carbons (Fsp3) is 0.375. The van der Waals surface area contributed by atoms with Gasteiger partial charge >= 0.3 is 6.09 Å². The van der Waals surface area contributed by atoms with E-state index in [9.17, 15) is 27.1 Å². The maximum atomic E-state index is 14.0. The normalized spacial score (nSPS) is 15.3. The molecule has 1 atom stereocenters. The lowest BCUT2D eigenvalue weighted by Gasteiger charge is -2.34. The Balaban J connectivity index is 1.32. The van der Waals surface area contributed by atoms with Crippen LogP contribution < -0.4 is 10.2 Å². The van der Waals surface area contributed by atoms with E-state index in [0.29, 0.717) is 49.7 Å². The second-order valence-electron chi connectivity index (χ2n) is 8.76. The number of aryl methyl sites for hydroxylation is 1. The Morgan fingerprint density at radius 2 is 1.74 bits per heavy atom. The van der Waals surface area contributed by atoms with Crippen LogP contribution in [0.3, 0.4) is 0 Å². The van der Waals surface area contributed by atoms with Crippen molar-refractivity contribution in [3.8, 4) is 11.1 Å². The van der Waals surface area contributed by atoms with Crippen molar-refractivity contribution in [3.05, 3.63) is 66.5 Å². The quantitative estimate of drug-likeness (QED) is 0.391. The van der Waals surface area contributed by atoms with Gasteiger partial charge in [-0.25, -0.2) is 41.9 Å². The van der Waals surface area contributed by atoms with Crippen molar-refractivity contribution in [3.63, 3.8) is 0 Å². The summed E-state index contributed by atoms with van der Waals surface area (Å²) in [7, 11) is -3.74. The van der Waals surface area contributed by atoms with Crippen LogP contribution in [0, 0.1) is 11.6 Å². The second-order valence-corrected chi connectivity index (χ2v) is 10.8. The van der Waals surface area contributed by atoms with Gasteiger partial charge in [0.05, 0.1) is 5.75 Å². The Bertz CT molecular complexity index is 1340. The molecule has 1 aromatic carbocycles. The lowest BCUT2D eigenvalue weighted by molar-refractivity contribution is 0.190. The minimum absolute atomic E-state index is 0.176. The van der Waals surface area contributed by atoms with Gasteiger partial charge in [0.2, 0.25) is 16.0 Å². The van der Waals surface area contributed by atoms with Crippen molar-refractivity contribution >= 4 is 22.1 Å². The van der Waals surface area contributed by atoms with Crippen LogP contribution in [0.4, 0.5) is 19.5 Å². The molecule has 2 aromatic heterocycles. The predicted molar refractivity (Wildman–Crippen MR) is 135 cm³/mol. The summed E-state index contributed by atoms with van der Waals surface area (Å²) in [4.78, 5) is 29.8. The number of carbonyl (C=O) groups is 1. The second kappa shape index (κ2) is 12.2. The van der Waals surface area contributed by atoms with Crippen LogP contribution in [0.15, 0.2) is 49.1 Å². The molecule has 11 nitrogen and oxygen atoms in total. The summed E-state index contributed by atoms with van der Waals surface area (Å²) >= 11 is 0. The van der Waals surface area contributed by atoms with Gasteiger partial charge in [-0.15, -0.1) is 0 Å². The molecule has 1 aliphatic rings. The third-order valence-corrected chi connectivity index (χ3v) is 8.08. The lowest BCUT2D eigenvalue weighted by atomic mass is 10.1. The first-order valence-electron chi connectivity index (χ1n) is 12.0. The Kier molecular flexibility index (Phi) is 8.73. The van der Waals surface area contributed by atoms with E-state index < -0.39 is 33.8 Å². The van der Waals surface area contributed by atoms with Crippen molar-refractivity contribution in [2.75, 3.05) is 36.8 Å². The molecule has 0 radical (unpaired) electrons. The van der Waals surface area contributed by atoms with Gasteiger partial charge in [-0.1, -0.05) is 0 Å². The Hall–Kier alpha value is -3.78. The molecule has 0 bridgehead atoms. The van der Waals surface area contributed by atoms with Gasteiger partial charge in [-0.2, -0.15) is 4.31 Å². The van der Waals surface area contributed by atoms with E-state index >= 15 is 0 Å². The summed E-state index contributed by atoms with van der Waals surface area (Å²) in [6.07, 6.45) is 6.16. The highest BCUT2D eigenvalue weighted by molar-refractivity contribution is 7.89. The first-order valence-corrected chi connectivity index (χ1v) is 13.6. The van der Waals surface area contributed by atoms with Gasteiger partial charge in [0.1, 0.15) is 17.5 Å². The minimum Gasteiger partial charge on any atom is -0.465 e. The van der Waals surface area contributed by atoms with Crippen molar-refractivity contribution in [2.24, 2.45) is 0 Å². The SMILES string of the molecule is O=C(O)N[C@@H](CCCc1ncccn1)CS(=O)(=O)N1CCN(c2ncc(-c3ccc(F)cc3F)cn2)CC1. The molecule has 0 unspecified atom stereocenters. The molecule has 0 saturated carbocycles. The predicted octanol–water partition coefficient (Wildman–Crippen LogP) is 2.32. The van der Waals surface area contributed by atoms with Gasteiger partial charge in [0.25, 0.3) is 0 Å². The number of piperazine rings is 1. The summed E-state index contributed by atoms with van der Waals surface area (Å²) in [6, 6.07) is 4.18. The molecule has 1 saturated heterocycles. The number of aromatic nitrogens is 4. The van der Waals surface area contributed by atoms with Crippen LogP contribution in [-0.2, 0) is 16.4 Å². The zero-order valence-electron chi connectivity index (χ0n) is 20.4. The number of hydrogen-bond donors (Lipinski definition) is 2. The average molecular weight is 548 g/mol. The number of rotatable bonds is 10. The number of hydrogen-bond acceptors (Lipinski definition) is 8. The zero-order valence-corrected chi connectivity index (χ0v) is 21.2. The van der Waals surface area contributed by atoms with Crippen LogP contribution >= 0.6 is 0 Å². The number of benzene rings is 1. The molecule has 2 N–H and O–H groups in total. The van der Waals surface area contributed by atoms with Crippen LogP contribution in [0.5, 0.6) is 0 Å². The molecule has 3 heterocycles. The van der Waals surface area contributed by atoms with E-state index in [0.717, 1.165) is 12.1 Å². The summed E-state index contributed by atoms with van der Waals surface area (Å²) in [5.41, 5.74) is 0.568. The molecular formula is C24H27F2N7O4S. The molecule has 1 amide bonds. The summed E-state index contributed by atoms with van der Waals surface area (Å²) in [5, 5.41) is 11.5. The van der Waals surface area contributed by atoms with E-state index in [1.807, 2.05) is 4.90 Å². The standard InChI is InChI=1S/C24H27F2N7O4S/c25-18-5-6-20(21(26)13-18)17-14-29-23(30-15-17)32-9-11-33(12-10-32)38(36,37)16-19(31-24(34)35)3-1-4-22-27-7-2-8-28-22/h2,5-8,13-15,19,31H,1,3-4,9-12,16H2,(H,34,35)/t19-/m0/s1. The van der Waals surface area contributed by atoms with Crippen LogP contribution in [-0.4, -0.2) is 81.8 Å². The molecule has 1 fully saturated rings. The Labute approximate surface area is 218 Å². The molecule has 202 valence electrons. The van der Waals surface area contributed by atoms with E-state index in [2.05, 4.69) is 25.3 Å². The van der Waals surface area contributed by atoms with E-state index in [1.165, 1.54) is 22.8 Å². The number of sulfonamides is 1. The van der Waals surface area contributed by atoms with Crippen molar-refractivity contribution in [2.45, 2.75) is 25.3 Å². The van der Waals surface area contributed by atoms with Gasteiger partial charge in [0.15, 0.2) is 0 Å². The lowest BCUT2D eigenvalue weighted by Crippen LogP contribution is -2.52. The minimum atomic E-state index is -3.74. The maximum Gasteiger partial charge on any atom is 0.404 e. The first-order chi connectivity index (χ1) is 18.2. The number of nitrogens with zero attached hydrogens (tertiary/aromatic N) is 6. The molecule has 1 aliphatic heterocycles. The molecule has 38 heavy (non-hydrogen) atoms. The highest BCUT2D eigenvalue weighted by Gasteiger charge is 2.30. The number of anilines is 1. The fourth-order valence-electron chi connectivity index (χ4n) is 4.21. The fourth-order valence-corrected chi connectivity index (χ4v) is 5.90. The van der Waals surface area contributed by atoms with Crippen LogP contribution in [0.1, 0.15) is 18.7 Å². The molecule has 3 aromatic rings. The van der Waals surface area contributed by atoms with Gasteiger partial charge in [-0.05, 0) is 31.0 Å². The van der Waals surface area contributed by atoms with Crippen molar-refractivity contribution < 1.29 is 27.1 Å². The monoisotopic (exact) mass is 547 g/mol. The Morgan fingerprint density at radius 3 is 2.37 bits per heavy atom.